The summed E-state index contributed by atoms with van der Waals surface area (Å²) >= 11 is 7.85. The zero-order valence-corrected chi connectivity index (χ0v) is 12.1. The Balaban J connectivity index is 2.20. The Kier molecular flexibility index (Phi) is 4.07. The van der Waals surface area contributed by atoms with Gasteiger partial charge in [-0.05, 0) is 18.2 Å². The number of nitrogen functional groups attached to an aromatic ring is 1. The van der Waals surface area contributed by atoms with Gasteiger partial charge in [0.15, 0.2) is 0 Å². The molecule has 2 atom stereocenters. The molecule has 0 spiro atoms. The summed E-state index contributed by atoms with van der Waals surface area (Å²) < 4.78 is 0. The Morgan fingerprint density at radius 1 is 1.33 bits per heavy atom. The molecule has 2 unspecified atom stereocenters. The molecule has 98 valence electrons. The van der Waals surface area contributed by atoms with E-state index in [4.69, 9.17) is 17.3 Å². The van der Waals surface area contributed by atoms with Crippen LogP contribution in [0.3, 0.4) is 0 Å². The zero-order valence-electron chi connectivity index (χ0n) is 10.5. The molecule has 2 N–H and O–H groups in total. The minimum atomic E-state index is 0.0169. The third kappa shape index (κ3) is 3.12. The number of anilines is 1. The SMILES string of the molecule is CC1CN(C(=O)c2cc(N)cc(Cl)c2)CC(C)S1. The molecule has 1 aliphatic rings. The van der Waals surface area contributed by atoms with Gasteiger partial charge in [0.05, 0.1) is 0 Å². The first kappa shape index (κ1) is 13.6. The van der Waals surface area contributed by atoms with Crippen LogP contribution in [0.15, 0.2) is 18.2 Å². The molecule has 0 saturated carbocycles. The Hall–Kier alpha value is -0.870. The minimum Gasteiger partial charge on any atom is -0.399 e. The summed E-state index contributed by atoms with van der Waals surface area (Å²) in [4.78, 5) is 14.3. The van der Waals surface area contributed by atoms with Gasteiger partial charge in [-0.2, -0.15) is 11.8 Å². The Morgan fingerprint density at radius 3 is 2.50 bits per heavy atom. The third-order valence-electron chi connectivity index (χ3n) is 2.87. The van der Waals surface area contributed by atoms with E-state index in [1.54, 1.807) is 18.2 Å². The van der Waals surface area contributed by atoms with Crippen LogP contribution in [0.5, 0.6) is 0 Å². The number of hydrogen-bond acceptors (Lipinski definition) is 3. The Labute approximate surface area is 117 Å². The van der Waals surface area contributed by atoms with E-state index in [-0.39, 0.29) is 5.91 Å². The smallest absolute Gasteiger partial charge is 0.254 e. The maximum absolute atomic E-state index is 12.4. The number of nitrogens with two attached hydrogens (primary N) is 1. The molecule has 1 heterocycles. The molecule has 18 heavy (non-hydrogen) atoms. The van der Waals surface area contributed by atoms with Crippen molar-refractivity contribution in [2.75, 3.05) is 18.8 Å². The summed E-state index contributed by atoms with van der Waals surface area (Å²) in [6, 6.07) is 5.01. The molecule has 5 heteroatoms. The highest BCUT2D eigenvalue weighted by atomic mass is 35.5. The van der Waals surface area contributed by atoms with Crippen molar-refractivity contribution >= 4 is 35.0 Å². The number of halogens is 1. The van der Waals surface area contributed by atoms with Gasteiger partial charge >= 0.3 is 0 Å². The monoisotopic (exact) mass is 284 g/mol. The van der Waals surface area contributed by atoms with Crippen LogP contribution in [0.2, 0.25) is 5.02 Å². The first-order valence-electron chi connectivity index (χ1n) is 5.96. The predicted molar refractivity (Wildman–Crippen MR) is 78.3 cm³/mol. The number of amides is 1. The molecule has 1 fully saturated rings. The van der Waals surface area contributed by atoms with Crippen molar-refractivity contribution in [3.63, 3.8) is 0 Å². The fourth-order valence-electron chi connectivity index (χ4n) is 2.26. The fourth-order valence-corrected chi connectivity index (χ4v) is 3.83. The lowest BCUT2D eigenvalue weighted by molar-refractivity contribution is 0.0753. The summed E-state index contributed by atoms with van der Waals surface area (Å²) in [5, 5.41) is 1.44. The van der Waals surface area contributed by atoms with Crippen LogP contribution >= 0.6 is 23.4 Å². The van der Waals surface area contributed by atoms with Gasteiger partial charge in [-0.1, -0.05) is 25.4 Å². The van der Waals surface area contributed by atoms with E-state index >= 15 is 0 Å². The zero-order chi connectivity index (χ0) is 13.3. The fraction of sp³-hybridized carbons (Fsp3) is 0.462. The van der Waals surface area contributed by atoms with Crippen LogP contribution in [0, 0.1) is 0 Å². The van der Waals surface area contributed by atoms with Gasteiger partial charge in [0.2, 0.25) is 0 Å². The van der Waals surface area contributed by atoms with Crippen molar-refractivity contribution < 1.29 is 4.79 Å². The van der Waals surface area contributed by atoms with Crippen molar-refractivity contribution in [3.05, 3.63) is 28.8 Å². The van der Waals surface area contributed by atoms with E-state index in [0.29, 0.717) is 26.8 Å². The predicted octanol–water partition coefficient (Wildman–Crippen LogP) is 2.89. The first-order valence-corrected chi connectivity index (χ1v) is 7.28. The highest BCUT2D eigenvalue weighted by Crippen LogP contribution is 2.26. The van der Waals surface area contributed by atoms with Crippen molar-refractivity contribution in [2.24, 2.45) is 0 Å². The molecule has 0 radical (unpaired) electrons. The molecule has 0 aromatic heterocycles. The van der Waals surface area contributed by atoms with Crippen LogP contribution in [-0.4, -0.2) is 34.4 Å². The summed E-state index contributed by atoms with van der Waals surface area (Å²) in [6.45, 7) is 5.85. The minimum absolute atomic E-state index is 0.0169. The van der Waals surface area contributed by atoms with Gasteiger partial charge in [0, 0.05) is 39.9 Å². The number of rotatable bonds is 1. The standard InChI is InChI=1S/C13H17ClN2OS/c1-8-6-16(7-9(2)18-8)13(17)10-3-11(14)5-12(15)4-10/h3-5,8-9H,6-7,15H2,1-2H3. The molecule has 2 rings (SSSR count). The van der Waals surface area contributed by atoms with E-state index in [1.165, 1.54) is 0 Å². The molecule has 3 nitrogen and oxygen atoms in total. The number of nitrogens with zero attached hydrogens (tertiary/aromatic N) is 1. The summed E-state index contributed by atoms with van der Waals surface area (Å²) in [6.07, 6.45) is 0. The second kappa shape index (κ2) is 5.41. The Morgan fingerprint density at radius 2 is 1.94 bits per heavy atom. The maximum Gasteiger partial charge on any atom is 0.254 e. The molecule has 1 amide bonds. The normalized spacial score (nSPS) is 24.1. The van der Waals surface area contributed by atoms with Crippen LogP contribution in [0.1, 0.15) is 24.2 Å². The second-order valence-electron chi connectivity index (χ2n) is 4.74. The highest BCUT2D eigenvalue weighted by molar-refractivity contribution is 8.00. The maximum atomic E-state index is 12.4. The van der Waals surface area contributed by atoms with Crippen molar-refractivity contribution in [2.45, 2.75) is 24.3 Å². The van der Waals surface area contributed by atoms with Gasteiger partial charge in [0.25, 0.3) is 5.91 Å². The molecule has 1 aromatic rings. The number of thioether (sulfide) groups is 1. The van der Waals surface area contributed by atoms with Gasteiger partial charge in [-0.3, -0.25) is 4.79 Å². The summed E-state index contributed by atoms with van der Waals surface area (Å²) in [5.74, 6) is 0.0169. The van der Waals surface area contributed by atoms with Gasteiger partial charge in [0.1, 0.15) is 0 Å². The summed E-state index contributed by atoms with van der Waals surface area (Å²) in [5.41, 5.74) is 6.82. The quantitative estimate of drug-likeness (QED) is 0.807. The van der Waals surface area contributed by atoms with Gasteiger partial charge < -0.3 is 10.6 Å². The van der Waals surface area contributed by atoms with Crippen molar-refractivity contribution in [1.82, 2.24) is 4.90 Å². The van der Waals surface area contributed by atoms with E-state index in [1.807, 2.05) is 16.7 Å². The van der Waals surface area contributed by atoms with E-state index in [0.717, 1.165) is 13.1 Å². The van der Waals surface area contributed by atoms with Crippen molar-refractivity contribution in [3.8, 4) is 0 Å². The van der Waals surface area contributed by atoms with Crippen LogP contribution in [0.25, 0.3) is 0 Å². The van der Waals surface area contributed by atoms with Gasteiger partial charge in [-0.15, -0.1) is 0 Å². The van der Waals surface area contributed by atoms with Crippen LogP contribution in [0.4, 0.5) is 5.69 Å². The van der Waals surface area contributed by atoms with E-state index in [9.17, 15) is 4.79 Å². The molecular weight excluding hydrogens is 268 g/mol. The lowest BCUT2D eigenvalue weighted by atomic mass is 10.1. The third-order valence-corrected chi connectivity index (χ3v) is 4.32. The highest BCUT2D eigenvalue weighted by Gasteiger charge is 2.26. The number of carbonyl (C=O) groups is 1. The topological polar surface area (TPSA) is 46.3 Å². The molecule has 0 aliphatic carbocycles. The number of carbonyl (C=O) groups excluding carboxylic acids is 1. The van der Waals surface area contributed by atoms with E-state index in [2.05, 4.69) is 13.8 Å². The largest absolute Gasteiger partial charge is 0.399 e. The second-order valence-corrected chi connectivity index (χ2v) is 7.06. The first-order chi connectivity index (χ1) is 8.45. The molecular formula is C13H17ClN2OS. The molecule has 1 aromatic carbocycles. The van der Waals surface area contributed by atoms with E-state index < -0.39 is 0 Å². The lowest BCUT2D eigenvalue weighted by Gasteiger charge is -2.34. The van der Waals surface area contributed by atoms with Crippen LogP contribution < -0.4 is 5.73 Å². The lowest BCUT2D eigenvalue weighted by Crippen LogP contribution is -2.44. The molecule has 1 aliphatic heterocycles. The molecule has 1 saturated heterocycles. The van der Waals surface area contributed by atoms with Crippen LogP contribution in [-0.2, 0) is 0 Å². The molecule has 0 bridgehead atoms. The van der Waals surface area contributed by atoms with Crippen molar-refractivity contribution in [1.29, 1.82) is 0 Å². The van der Waals surface area contributed by atoms with Gasteiger partial charge in [-0.25, -0.2) is 0 Å². The Bertz CT molecular complexity index is 436. The summed E-state index contributed by atoms with van der Waals surface area (Å²) in [7, 11) is 0. The number of hydrogen-bond donors (Lipinski definition) is 1. The average Bonchev–Trinajstić information content (AvgIpc) is 2.25. The average molecular weight is 285 g/mol. The number of benzene rings is 1.